The molecule has 1 aliphatic rings. The zero-order valence-corrected chi connectivity index (χ0v) is 20.7. The summed E-state index contributed by atoms with van der Waals surface area (Å²) < 4.78 is 42.6. The molecule has 0 saturated heterocycles. The second-order valence-electron chi connectivity index (χ2n) is 8.81. The van der Waals surface area contributed by atoms with Crippen LogP contribution in [0.1, 0.15) is 24.8 Å². The summed E-state index contributed by atoms with van der Waals surface area (Å²) in [6, 6.07) is 7.34. The maximum Gasteiger partial charge on any atom is 0.269 e. The molecule has 0 aliphatic heterocycles. The van der Waals surface area contributed by atoms with Crippen LogP contribution in [0, 0.1) is 12.7 Å². The molecule has 4 aromatic rings. The molecule has 188 valence electrons. The van der Waals surface area contributed by atoms with Crippen LogP contribution >= 0.6 is 11.6 Å². The predicted molar refractivity (Wildman–Crippen MR) is 133 cm³/mol. The lowest BCUT2D eigenvalue weighted by atomic mass is 9.90. The number of aliphatic hydroxyl groups is 2. The SMILES string of the molecule is Cc1ccc(S(=O)(=O)n2cc(-c3ncc(F)c(N[C@H]4CCC[C@@H](O)[C@H]4O)n3)c3cc(Cl)cnc32)cc1. The maximum absolute atomic E-state index is 14.6. The van der Waals surface area contributed by atoms with Crippen LogP contribution in [0.3, 0.4) is 0 Å². The average Bonchev–Trinajstić information content (AvgIpc) is 3.23. The summed E-state index contributed by atoms with van der Waals surface area (Å²) in [7, 11) is -4.03. The molecule has 5 rings (SSSR count). The highest BCUT2D eigenvalue weighted by Gasteiger charge is 2.31. The molecule has 3 aromatic heterocycles. The number of pyridine rings is 1. The molecule has 1 saturated carbocycles. The molecular formula is C24H23ClFN5O4S. The van der Waals surface area contributed by atoms with Gasteiger partial charge in [-0.3, -0.25) is 0 Å². The van der Waals surface area contributed by atoms with E-state index in [-0.39, 0.29) is 32.8 Å². The number of aromatic nitrogens is 4. The summed E-state index contributed by atoms with van der Waals surface area (Å²) in [5, 5.41) is 23.8. The van der Waals surface area contributed by atoms with Crippen LogP contribution < -0.4 is 5.32 Å². The summed E-state index contributed by atoms with van der Waals surface area (Å²) in [5.74, 6) is -0.884. The van der Waals surface area contributed by atoms with Crippen molar-refractivity contribution in [1.29, 1.82) is 0 Å². The molecule has 0 bridgehead atoms. The Labute approximate surface area is 211 Å². The fourth-order valence-corrected chi connectivity index (χ4v) is 5.81. The number of aryl methyl sites for hydroxylation is 1. The number of hydrogen-bond donors (Lipinski definition) is 3. The van der Waals surface area contributed by atoms with Gasteiger partial charge in [0.2, 0.25) is 0 Å². The van der Waals surface area contributed by atoms with Gasteiger partial charge in [-0.05, 0) is 44.4 Å². The molecule has 1 fully saturated rings. The van der Waals surface area contributed by atoms with E-state index in [1.807, 2.05) is 6.92 Å². The quantitative estimate of drug-likeness (QED) is 0.356. The molecule has 0 amide bonds. The highest BCUT2D eigenvalue weighted by atomic mass is 35.5. The first-order chi connectivity index (χ1) is 17.1. The highest BCUT2D eigenvalue weighted by molar-refractivity contribution is 7.90. The Morgan fingerprint density at radius 3 is 2.64 bits per heavy atom. The Bertz CT molecular complexity index is 1540. The Balaban J connectivity index is 1.61. The average molecular weight is 532 g/mol. The van der Waals surface area contributed by atoms with Crippen molar-refractivity contribution in [2.24, 2.45) is 0 Å². The smallest absolute Gasteiger partial charge is 0.269 e. The minimum atomic E-state index is -4.03. The van der Waals surface area contributed by atoms with Gasteiger partial charge in [0, 0.05) is 23.3 Å². The first kappa shape index (κ1) is 24.6. The van der Waals surface area contributed by atoms with Crippen molar-refractivity contribution in [2.45, 2.75) is 49.3 Å². The number of hydrogen-bond acceptors (Lipinski definition) is 8. The van der Waals surface area contributed by atoms with E-state index in [0.29, 0.717) is 24.6 Å². The van der Waals surface area contributed by atoms with Crippen LogP contribution in [0.25, 0.3) is 22.4 Å². The number of rotatable bonds is 5. The van der Waals surface area contributed by atoms with Gasteiger partial charge in [0.05, 0.1) is 34.4 Å². The molecule has 1 aromatic carbocycles. The standard InChI is InChI=1S/C24H23ClFN5O4S/c1-13-5-7-15(8-6-13)36(34,35)31-12-17(16-9-14(25)10-28-24(16)31)22-27-11-18(26)23(30-22)29-19-3-2-4-20(32)21(19)33/h5-12,19-21,32-33H,2-4H2,1H3,(H,27,29,30)/t19-,20+,21-/m0/s1. The van der Waals surface area contributed by atoms with Gasteiger partial charge in [0.15, 0.2) is 23.1 Å². The largest absolute Gasteiger partial charge is 0.390 e. The normalized spacial score (nSPS) is 20.5. The van der Waals surface area contributed by atoms with Crippen LogP contribution in [0.5, 0.6) is 0 Å². The van der Waals surface area contributed by atoms with Gasteiger partial charge < -0.3 is 15.5 Å². The molecule has 3 N–H and O–H groups in total. The third-order valence-electron chi connectivity index (χ3n) is 6.28. The Hall–Kier alpha value is -3.12. The number of aliphatic hydroxyl groups excluding tert-OH is 2. The van der Waals surface area contributed by atoms with Gasteiger partial charge >= 0.3 is 0 Å². The fourth-order valence-electron chi connectivity index (χ4n) is 4.33. The van der Waals surface area contributed by atoms with Crippen LogP contribution in [-0.2, 0) is 10.0 Å². The van der Waals surface area contributed by atoms with Gasteiger partial charge in [-0.2, -0.15) is 0 Å². The summed E-state index contributed by atoms with van der Waals surface area (Å²) in [4.78, 5) is 12.7. The van der Waals surface area contributed by atoms with Crippen LogP contribution in [0.2, 0.25) is 5.02 Å². The van der Waals surface area contributed by atoms with Crippen molar-refractivity contribution in [2.75, 3.05) is 5.32 Å². The number of fused-ring (bicyclic) bond motifs is 1. The third-order valence-corrected chi connectivity index (χ3v) is 8.16. The lowest BCUT2D eigenvalue weighted by Gasteiger charge is -2.32. The topological polar surface area (TPSA) is 130 Å². The molecular weight excluding hydrogens is 509 g/mol. The van der Waals surface area contributed by atoms with E-state index >= 15 is 0 Å². The fraction of sp³-hybridized carbons (Fsp3) is 0.292. The lowest BCUT2D eigenvalue weighted by Crippen LogP contribution is -2.45. The van der Waals surface area contributed by atoms with Crippen LogP contribution in [0.4, 0.5) is 10.2 Å². The van der Waals surface area contributed by atoms with Crippen molar-refractivity contribution in [3.05, 3.63) is 65.3 Å². The summed E-state index contributed by atoms with van der Waals surface area (Å²) in [5.41, 5.74) is 1.30. The van der Waals surface area contributed by atoms with Crippen LogP contribution in [0.15, 0.2) is 53.8 Å². The molecule has 0 unspecified atom stereocenters. The molecule has 0 radical (unpaired) electrons. The number of anilines is 1. The van der Waals surface area contributed by atoms with E-state index in [0.717, 1.165) is 15.7 Å². The lowest BCUT2D eigenvalue weighted by molar-refractivity contribution is -0.0162. The van der Waals surface area contributed by atoms with Gasteiger partial charge in [-0.15, -0.1) is 0 Å². The van der Waals surface area contributed by atoms with Crippen molar-refractivity contribution in [3.63, 3.8) is 0 Å². The van der Waals surface area contributed by atoms with Gasteiger partial charge in [-0.25, -0.2) is 31.7 Å². The second-order valence-corrected chi connectivity index (χ2v) is 11.1. The third kappa shape index (κ3) is 4.43. The number of nitrogens with zero attached hydrogens (tertiary/aromatic N) is 4. The monoisotopic (exact) mass is 531 g/mol. The van der Waals surface area contributed by atoms with E-state index in [1.165, 1.54) is 24.5 Å². The number of halogens is 2. The first-order valence-corrected chi connectivity index (χ1v) is 13.1. The zero-order valence-electron chi connectivity index (χ0n) is 19.1. The maximum atomic E-state index is 14.6. The minimum Gasteiger partial charge on any atom is -0.390 e. The number of nitrogens with one attached hydrogen (secondary N) is 1. The summed E-state index contributed by atoms with van der Waals surface area (Å²) in [6.45, 7) is 1.85. The molecule has 3 heterocycles. The van der Waals surface area contributed by atoms with E-state index in [1.54, 1.807) is 18.2 Å². The molecule has 12 heteroatoms. The molecule has 36 heavy (non-hydrogen) atoms. The second kappa shape index (κ2) is 9.40. The van der Waals surface area contributed by atoms with Crippen molar-refractivity contribution in [3.8, 4) is 11.4 Å². The molecule has 9 nitrogen and oxygen atoms in total. The van der Waals surface area contributed by atoms with E-state index < -0.39 is 34.1 Å². The van der Waals surface area contributed by atoms with Gasteiger partial charge in [0.25, 0.3) is 10.0 Å². The summed E-state index contributed by atoms with van der Waals surface area (Å²) in [6.07, 6.45) is 3.27. The van der Waals surface area contributed by atoms with Crippen LogP contribution in [-0.4, -0.2) is 55.8 Å². The van der Waals surface area contributed by atoms with Gasteiger partial charge in [0.1, 0.15) is 0 Å². The Morgan fingerprint density at radius 2 is 1.89 bits per heavy atom. The zero-order chi connectivity index (χ0) is 25.6. The Kier molecular flexibility index (Phi) is 6.41. The highest BCUT2D eigenvalue weighted by Crippen LogP contribution is 2.33. The van der Waals surface area contributed by atoms with E-state index in [4.69, 9.17) is 11.6 Å². The number of benzene rings is 1. The molecule has 3 atom stereocenters. The van der Waals surface area contributed by atoms with Crippen molar-refractivity contribution < 1.29 is 23.0 Å². The molecule has 1 aliphatic carbocycles. The Morgan fingerprint density at radius 1 is 1.14 bits per heavy atom. The first-order valence-electron chi connectivity index (χ1n) is 11.3. The minimum absolute atomic E-state index is 0.0386. The predicted octanol–water partition coefficient (Wildman–Crippen LogP) is 3.52. The van der Waals surface area contributed by atoms with Gasteiger partial charge in [-0.1, -0.05) is 29.3 Å². The summed E-state index contributed by atoms with van der Waals surface area (Å²) >= 11 is 6.17. The van der Waals surface area contributed by atoms with Crippen molar-refractivity contribution >= 4 is 38.5 Å². The van der Waals surface area contributed by atoms with E-state index in [2.05, 4.69) is 20.3 Å². The van der Waals surface area contributed by atoms with Crippen molar-refractivity contribution in [1.82, 2.24) is 18.9 Å². The molecule has 0 spiro atoms. The van der Waals surface area contributed by atoms with E-state index in [9.17, 15) is 23.0 Å².